The summed E-state index contributed by atoms with van der Waals surface area (Å²) in [5.41, 5.74) is 1.26. The van der Waals surface area contributed by atoms with Crippen molar-refractivity contribution in [2.75, 3.05) is 10.6 Å². The highest BCUT2D eigenvalue weighted by Gasteiger charge is 2.23. The smallest absolute Gasteiger partial charge is 0.265 e. The van der Waals surface area contributed by atoms with Crippen molar-refractivity contribution in [2.24, 2.45) is 0 Å². The summed E-state index contributed by atoms with van der Waals surface area (Å²) >= 11 is 0. The fourth-order valence-corrected chi connectivity index (χ4v) is 1.85. The van der Waals surface area contributed by atoms with Crippen molar-refractivity contribution in [1.82, 2.24) is 0 Å². The van der Waals surface area contributed by atoms with Crippen LogP contribution in [0.2, 0.25) is 0 Å². The largest absolute Gasteiger partial charge is 0.479 e. The monoisotopic (exact) mass is 262 g/mol. The van der Waals surface area contributed by atoms with Gasteiger partial charge < -0.3 is 15.4 Å². The molecule has 0 radical (unpaired) electrons. The highest BCUT2D eigenvalue weighted by molar-refractivity contribution is 5.99. The molecule has 0 saturated carbocycles. The van der Waals surface area contributed by atoms with Crippen molar-refractivity contribution < 1.29 is 14.3 Å². The van der Waals surface area contributed by atoms with E-state index in [0.29, 0.717) is 23.5 Å². The second-order valence-electron chi connectivity index (χ2n) is 4.61. The van der Waals surface area contributed by atoms with Gasteiger partial charge in [-0.15, -0.1) is 0 Å². The van der Waals surface area contributed by atoms with Crippen LogP contribution in [0.15, 0.2) is 18.2 Å². The number of carbonyl (C=O) groups is 2. The number of carbonyl (C=O) groups excluding carboxylic acids is 2. The van der Waals surface area contributed by atoms with E-state index >= 15 is 0 Å². The first-order chi connectivity index (χ1) is 9.10. The maximum Gasteiger partial charge on any atom is 0.265 e. The van der Waals surface area contributed by atoms with E-state index in [4.69, 9.17) is 4.74 Å². The summed E-state index contributed by atoms with van der Waals surface area (Å²) in [5.74, 6) is 0.429. The summed E-state index contributed by atoms with van der Waals surface area (Å²) in [6.45, 7) is 3.74. The number of rotatable bonds is 4. The quantitative estimate of drug-likeness (QED) is 0.876. The number of unbranched alkanes of at least 4 members (excludes halogenated alkanes) is 1. The molecule has 1 aromatic carbocycles. The zero-order chi connectivity index (χ0) is 13.8. The Hall–Kier alpha value is -2.04. The van der Waals surface area contributed by atoms with Crippen LogP contribution >= 0.6 is 0 Å². The molecule has 1 aliphatic heterocycles. The first kappa shape index (κ1) is 13.4. The predicted molar refractivity (Wildman–Crippen MR) is 73.3 cm³/mol. The lowest BCUT2D eigenvalue weighted by Gasteiger charge is -2.23. The molecule has 0 aliphatic carbocycles. The third kappa shape index (κ3) is 3.24. The van der Waals surface area contributed by atoms with Crippen molar-refractivity contribution in [2.45, 2.75) is 39.2 Å². The number of amides is 2. The van der Waals surface area contributed by atoms with E-state index in [-0.39, 0.29) is 11.8 Å². The minimum Gasteiger partial charge on any atom is -0.479 e. The Balaban J connectivity index is 2.07. The zero-order valence-corrected chi connectivity index (χ0v) is 11.2. The van der Waals surface area contributed by atoms with Crippen LogP contribution in [0.25, 0.3) is 0 Å². The molecule has 1 aromatic rings. The molecule has 0 unspecified atom stereocenters. The van der Waals surface area contributed by atoms with E-state index in [0.717, 1.165) is 12.8 Å². The van der Waals surface area contributed by atoms with Crippen LogP contribution in [-0.2, 0) is 9.59 Å². The summed E-state index contributed by atoms with van der Waals surface area (Å²) < 4.78 is 5.44. The Kier molecular flexibility index (Phi) is 4.04. The van der Waals surface area contributed by atoms with Gasteiger partial charge in [0.15, 0.2) is 6.10 Å². The highest BCUT2D eigenvalue weighted by atomic mass is 16.5. The second kappa shape index (κ2) is 5.73. The number of hydrogen-bond donors (Lipinski definition) is 2. The molecule has 19 heavy (non-hydrogen) atoms. The van der Waals surface area contributed by atoms with E-state index in [9.17, 15) is 9.59 Å². The van der Waals surface area contributed by atoms with E-state index in [1.807, 2.05) is 6.92 Å². The maximum absolute atomic E-state index is 11.6. The number of benzene rings is 1. The van der Waals surface area contributed by atoms with Crippen molar-refractivity contribution in [3.63, 3.8) is 0 Å². The number of fused-ring (bicyclic) bond motifs is 1. The maximum atomic E-state index is 11.6. The van der Waals surface area contributed by atoms with Crippen LogP contribution in [0.5, 0.6) is 5.75 Å². The Morgan fingerprint density at radius 3 is 3.00 bits per heavy atom. The molecule has 1 atom stereocenters. The lowest BCUT2D eigenvalue weighted by molar-refractivity contribution is -0.122. The molecule has 2 N–H and O–H groups in total. The summed E-state index contributed by atoms with van der Waals surface area (Å²) in [4.78, 5) is 23.1. The van der Waals surface area contributed by atoms with Gasteiger partial charge in [-0.05, 0) is 31.5 Å². The summed E-state index contributed by atoms with van der Waals surface area (Å²) in [7, 11) is 0. The Morgan fingerprint density at radius 2 is 2.26 bits per heavy atom. The molecular formula is C14H18N2O3. The molecule has 102 valence electrons. The third-order valence-electron chi connectivity index (χ3n) is 2.95. The number of anilines is 2. The van der Waals surface area contributed by atoms with Gasteiger partial charge in [0, 0.05) is 12.1 Å². The van der Waals surface area contributed by atoms with Crippen LogP contribution < -0.4 is 15.4 Å². The van der Waals surface area contributed by atoms with Crippen molar-refractivity contribution in [3.8, 4) is 5.75 Å². The topological polar surface area (TPSA) is 67.4 Å². The minimum absolute atomic E-state index is 0.0155. The molecule has 5 nitrogen and oxygen atoms in total. The predicted octanol–water partition coefficient (Wildman–Crippen LogP) is 2.53. The zero-order valence-electron chi connectivity index (χ0n) is 11.2. The van der Waals surface area contributed by atoms with Crippen LogP contribution in [0.3, 0.4) is 0 Å². The van der Waals surface area contributed by atoms with E-state index in [1.54, 1.807) is 25.1 Å². The molecule has 0 aromatic heterocycles. The normalized spacial score (nSPS) is 17.2. The Bertz CT molecular complexity index is 499. The van der Waals surface area contributed by atoms with Crippen LogP contribution in [0, 0.1) is 0 Å². The lowest BCUT2D eigenvalue weighted by atomic mass is 10.2. The average Bonchev–Trinajstić information content (AvgIpc) is 2.38. The van der Waals surface area contributed by atoms with Gasteiger partial charge >= 0.3 is 0 Å². The van der Waals surface area contributed by atoms with Crippen molar-refractivity contribution in [1.29, 1.82) is 0 Å². The van der Waals surface area contributed by atoms with Gasteiger partial charge in [-0.3, -0.25) is 9.59 Å². The van der Waals surface area contributed by atoms with Gasteiger partial charge in [0.2, 0.25) is 5.91 Å². The van der Waals surface area contributed by atoms with Gasteiger partial charge in [-0.2, -0.15) is 0 Å². The van der Waals surface area contributed by atoms with Gasteiger partial charge in [-0.1, -0.05) is 13.3 Å². The van der Waals surface area contributed by atoms with Crippen molar-refractivity contribution >= 4 is 23.2 Å². The number of ether oxygens (including phenoxy) is 1. The van der Waals surface area contributed by atoms with E-state index in [2.05, 4.69) is 10.6 Å². The average molecular weight is 262 g/mol. The minimum atomic E-state index is -0.488. The summed E-state index contributed by atoms with van der Waals surface area (Å²) in [6.07, 6.45) is 1.87. The summed E-state index contributed by atoms with van der Waals surface area (Å²) in [5, 5.41) is 5.56. The summed E-state index contributed by atoms with van der Waals surface area (Å²) in [6, 6.07) is 5.23. The van der Waals surface area contributed by atoms with Crippen LogP contribution in [0.1, 0.15) is 33.1 Å². The Morgan fingerprint density at radius 1 is 1.47 bits per heavy atom. The molecule has 1 aliphatic rings. The Labute approximate surface area is 112 Å². The van der Waals surface area contributed by atoms with Gasteiger partial charge in [0.1, 0.15) is 5.75 Å². The molecule has 1 heterocycles. The second-order valence-corrected chi connectivity index (χ2v) is 4.61. The third-order valence-corrected chi connectivity index (χ3v) is 2.95. The molecular weight excluding hydrogens is 244 g/mol. The molecule has 5 heteroatoms. The van der Waals surface area contributed by atoms with Gasteiger partial charge in [0.05, 0.1) is 5.69 Å². The standard InChI is InChI=1S/C14H18N2O3/c1-3-4-5-13(17)15-10-6-7-12-11(8-10)16-14(18)9(2)19-12/h6-9H,3-5H2,1-2H3,(H,15,17)(H,16,18)/t9-/m1/s1. The molecule has 0 bridgehead atoms. The van der Waals surface area contributed by atoms with E-state index in [1.165, 1.54) is 0 Å². The van der Waals surface area contributed by atoms with Gasteiger partial charge in [0.25, 0.3) is 5.91 Å². The molecule has 0 spiro atoms. The van der Waals surface area contributed by atoms with Crippen molar-refractivity contribution in [3.05, 3.63) is 18.2 Å². The van der Waals surface area contributed by atoms with Crippen LogP contribution in [0.4, 0.5) is 11.4 Å². The number of hydrogen-bond acceptors (Lipinski definition) is 3. The SMILES string of the molecule is CCCCC(=O)Nc1ccc2c(c1)NC(=O)[C@@H](C)O2. The number of nitrogens with one attached hydrogen (secondary N) is 2. The molecule has 2 rings (SSSR count). The first-order valence-electron chi connectivity index (χ1n) is 6.51. The first-order valence-corrected chi connectivity index (χ1v) is 6.51. The van der Waals surface area contributed by atoms with E-state index < -0.39 is 6.10 Å². The molecule has 2 amide bonds. The van der Waals surface area contributed by atoms with Gasteiger partial charge in [-0.25, -0.2) is 0 Å². The molecule has 0 fully saturated rings. The van der Waals surface area contributed by atoms with Crippen LogP contribution in [-0.4, -0.2) is 17.9 Å². The molecule has 0 saturated heterocycles. The fraction of sp³-hybridized carbons (Fsp3) is 0.429. The fourth-order valence-electron chi connectivity index (χ4n) is 1.85. The lowest BCUT2D eigenvalue weighted by Crippen LogP contribution is -2.34. The highest BCUT2D eigenvalue weighted by Crippen LogP contribution is 2.32.